The van der Waals surface area contributed by atoms with Gasteiger partial charge in [0.15, 0.2) is 34.8 Å². The molecule has 2 rings (SSSR count). The first-order chi connectivity index (χ1) is 12.5. The standard InChI is InChI=1S/C15H14F7N5/c1-3-6(2)23-14-24-9(15(20,21)22)5-10(25-14)26-27-13-11(18)7(16)4-8(17)12(13)19/h4-6,27H,3H2,1-2H3,(H2,23,24,25,26)/t6-/m1/s1. The summed E-state index contributed by atoms with van der Waals surface area (Å²) >= 11 is 0. The summed E-state index contributed by atoms with van der Waals surface area (Å²) in [5.41, 5.74) is 1.19. The summed E-state index contributed by atoms with van der Waals surface area (Å²) in [6.07, 6.45) is -4.27. The van der Waals surface area contributed by atoms with Crippen molar-refractivity contribution in [3.63, 3.8) is 0 Å². The molecule has 5 nitrogen and oxygen atoms in total. The van der Waals surface area contributed by atoms with Crippen LogP contribution in [0, 0.1) is 23.3 Å². The highest BCUT2D eigenvalue weighted by Crippen LogP contribution is 2.30. The van der Waals surface area contributed by atoms with Gasteiger partial charge in [-0.05, 0) is 13.3 Å². The Morgan fingerprint density at radius 2 is 1.56 bits per heavy atom. The Hall–Kier alpha value is -2.79. The van der Waals surface area contributed by atoms with Crippen molar-refractivity contribution in [1.82, 2.24) is 9.97 Å². The number of nitrogens with zero attached hydrogens (tertiary/aromatic N) is 2. The topological polar surface area (TPSA) is 61.9 Å². The van der Waals surface area contributed by atoms with Crippen LogP contribution in [0.4, 0.5) is 48.2 Å². The second-order valence-corrected chi connectivity index (χ2v) is 5.51. The van der Waals surface area contributed by atoms with E-state index < -0.39 is 52.6 Å². The van der Waals surface area contributed by atoms with Crippen molar-refractivity contribution >= 4 is 17.5 Å². The summed E-state index contributed by atoms with van der Waals surface area (Å²) in [6, 6.07) is 0.193. The van der Waals surface area contributed by atoms with Gasteiger partial charge >= 0.3 is 6.18 Å². The highest BCUT2D eigenvalue weighted by atomic mass is 19.4. The lowest BCUT2D eigenvalue weighted by Crippen LogP contribution is -2.20. The first-order valence-electron chi connectivity index (χ1n) is 7.60. The van der Waals surface area contributed by atoms with Gasteiger partial charge in [0.05, 0.1) is 0 Å². The summed E-state index contributed by atoms with van der Waals surface area (Å²) in [6.45, 7) is 3.45. The van der Waals surface area contributed by atoms with E-state index in [2.05, 4.69) is 15.3 Å². The molecule has 1 atom stereocenters. The molecule has 3 N–H and O–H groups in total. The van der Waals surface area contributed by atoms with Crippen molar-refractivity contribution in [2.45, 2.75) is 32.5 Å². The zero-order chi connectivity index (χ0) is 20.4. The average Bonchev–Trinajstić information content (AvgIpc) is 2.59. The lowest BCUT2D eigenvalue weighted by Gasteiger charge is -2.16. The van der Waals surface area contributed by atoms with Crippen molar-refractivity contribution in [1.29, 1.82) is 0 Å². The van der Waals surface area contributed by atoms with E-state index in [1.165, 1.54) is 0 Å². The Labute approximate surface area is 149 Å². The van der Waals surface area contributed by atoms with E-state index in [1.807, 2.05) is 5.43 Å². The maximum atomic E-state index is 13.6. The van der Waals surface area contributed by atoms with Gasteiger partial charge in [0, 0.05) is 18.2 Å². The third kappa shape index (κ3) is 4.89. The minimum absolute atomic E-state index is 0.00352. The number of hydrazine groups is 1. The zero-order valence-electron chi connectivity index (χ0n) is 14.0. The molecule has 0 unspecified atom stereocenters. The van der Waals surface area contributed by atoms with Crippen molar-refractivity contribution in [2.24, 2.45) is 0 Å². The van der Waals surface area contributed by atoms with E-state index in [4.69, 9.17) is 0 Å². The number of nitrogens with one attached hydrogen (secondary N) is 3. The number of aromatic nitrogens is 2. The minimum atomic E-state index is -4.83. The first kappa shape index (κ1) is 20.5. The number of hydrogen-bond acceptors (Lipinski definition) is 5. The molecular weight excluding hydrogens is 383 g/mol. The number of alkyl halides is 3. The lowest BCUT2D eigenvalue weighted by atomic mass is 10.2. The lowest BCUT2D eigenvalue weighted by molar-refractivity contribution is -0.141. The predicted octanol–water partition coefficient (Wildman–Crippen LogP) is 4.70. The number of hydrogen-bond donors (Lipinski definition) is 3. The molecule has 0 radical (unpaired) electrons. The van der Waals surface area contributed by atoms with Gasteiger partial charge in [-0.3, -0.25) is 10.9 Å². The molecule has 0 amide bonds. The highest BCUT2D eigenvalue weighted by molar-refractivity contribution is 5.53. The van der Waals surface area contributed by atoms with Crippen molar-refractivity contribution in [3.8, 4) is 0 Å². The number of rotatable bonds is 6. The van der Waals surface area contributed by atoms with E-state index >= 15 is 0 Å². The normalized spacial score (nSPS) is 12.6. The predicted molar refractivity (Wildman–Crippen MR) is 83.9 cm³/mol. The molecule has 0 fully saturated rings. The molecule has 27 heavy (non-hydrogen) atoms. The average molecular weight is 397 g/mol. The fraction of sp³-hybridized carbons (Fsp3) is 0.333. The maximum absolute atomic E-state index is 13.6. The molecule has 2 aromatic rings. The molecule has 0 saturated heterocycles. The smallest absolute Gasteiger partial charge is 0.352 e. The van der Waals surface area contributed by atoms with Crippen LogP contribution in [-0.4, -0.2) is 16.0 Å². The number of anilines is 3. The van der Waals surface area contributed by atoms with Crippen LogP contribution in [0.5, 0.6) is 0 Å². The van der Waals surface area contributed by atoms with Crippen LogP contribution in [0.15, 0.2) is 12.1 Å². The molecule has 0 spiro atoms. The van der Waals surface area contributed by atoms with Crippen LogP contribution in [-0.2, 0) is 6.18 Å². The van der Waals surface area contributed by atoms with Gasteiger partial charge in [0.25, 0.3) is 0 Å². The second kappa shape index (κ2) is 7.84. The van der Waals surface area contributed by atoms with Gasteiger partial charge in [-0.15, -0.1) is 0 Å². The molecule has 12 heteroatoms. The number of benzene rings is 1. The fourth-order valence-corrected chi connectivity index (χ4v) is 1.85. The van der Waals surface area contributed by atoms with Crippen LogP contribution < -0.4 is 16.2 Å². The van der Waals surface area contributed by atoms with E-state index in [0.717, 1.165) is 0 Å². The number of halogens is 7. The first-order valence-corrected chi connectivity index (χ1v) is 7.60. The van der Waals surface area contributed by atoms with Crippen LogP contribution in [0.2, 0.25) is 0 Å². The van der Waals surface area contributed by atoms with E-state index in [9.17, 15) is 30.7 Å². The summed E-state index contributed by atoms with van der Waals surface area (Å²) in [4.78, 5) is 7.05. The molecule has 0 aliphatic carbocycles. The van der Waals surface area contributed by atoms with Crippen LogP contribution in [0.1, 0.15) is 26.0 Å². The van der Waals surface area contributed by atoms with Crippen LogP contribution in [0.25, 0.3) is 0 Å². The molecule has 0 aliphatic rings. The van der Waals surface area contributed by atoms with Crippen molar-refractivity contribution in [2.75, 3.05) is 16.2 Å². The molecule has 1 heterocycles. The van der Waals surface area contributed by atoms with Crippen LogP contribution >= 0.6 is 0 Å². The molecule has 0 bridgehead atoms. The van der Waals surface area contributed by atoms with Crippen molar-refractivity contribution in [3.05, 3.63) is 41.1 Å². The van der Waals surface area contributed by atoms with Gasteiger partial charge in [-0.2, -0.15) is 18.2 Å². The molecule has 0 aliphatic heterocycles. The van der Waals surface area contributed by atoms with Gasteiger partial charge in [0.1, 0.15) is 5.69 Å². The third-order valence-electron chi connectivity index (χ3n) is 3.43. The Kier molecular flexibility index (Phi) is 5.96. The summed E-state index contributed by atoms with van der Waals surface area (Å²) in [5.74, 6) is -7.82. The van der Waals surface area contributed by atoms with E-state index in [0.29, 0.717) is 12.5 Å². The van der Waals surface area contributed by atoms with Crippen molar-refractivity contribution < 1.29 is 30.7 Å². The van der Waals surface area contributed by atoms with Gasteiger partial charge in [-0.1, -0.05) is 6.92 Å². The summed E-state index contributed by atoms with van der Waals surface area (Å²) in [5, 5.41) is 2.63. The van der Waals surface area contributed by atoms with Gasteiger partial charge in [-0.25, -0.2) is 22.5 Å². The summed E-state index contributed by atoms with van der Waals surface area (Å²) < 4.78 is 92.5. The second-order valence-electron chi connectivity index (χ2n) is 5.51. The van der Waals surface area contributed by atoms with Crippen LogP contribution in [0.3, 0.4) is 0 Å². The quantitative estimate of drug-likeness (QED) is 0.375. The summed E-state index contributed by atoms with van der Waals surface area (Å²) in [7, 11) is 0. The molecular formula is C15H14F7N5. The van der Waals surface area contributed by atoms with Gasteiger partial charge in [0.2, 0.25) is 5.95 Å². The molecule has 148 valence electrons. The SMILES string of the molecule is CC[C@@H](C)Nc1nc(NNc2c(F)c(F)cc(F)c2F)cc(C(F)(F)F)n1. The molecule has 0 saturated carbocycles. The Balaban J connectivity index is 2.34. The fourth-order valence-electron chi connectivity index (χ4n) is 1.85. The monoisotopic (exact) mass is 397 g/mol. The van der Waals surface area contributed by atoms with Gasteiger partial charge < -0.3 is 5.32 Å². The Morgan fingerprint density at radius 3 is 2.07 bits per heavy atom. The largest absolute Gasteiger partial charge is 0.433 e. The molecule has 1 aromatic heterocycles. The van der Waals surface area contributed by atoms with E-state index in [-0.39, 0.29) is 12.1 Å². The molecule has 1 aromatic carbocycles. The Morgan fingerprint density at radius 1 is 0.963 bits per heavy atom. The maximum Gasteiger partial charge on any atom is 0.433 e. The van der Waals surface area contributed by atoms with E-state index in [1.54, 1.807) is 19.3 Å². The highest BCUT2D eigenvalue weighted by Gasteiger charge is 2.34. The Bertz CT molecular complexity index is 799. The zero-order valence-corrected chi connectivity index (χ0v) is 14.0. The third-order valence-corrected chi connectivity index (χ3v) is 3.43. The minimum Gasteiger partial charge on any atom is -0.352 e.